The molecule has 0 saturated carbocycles. The molecule has 0 aromatic heterocycles. The maximum absolute atomic E-state index is 13.4. The van der Waals surface area contributed by atoms with Crippen LogP contribution in [-0.4, -0.2) is 64.7 Å². The van der Waals surface area contributed by atoms with Crippen LogP contribution in [-0.2, 0) is 41.8 Å². The van der Waals surface area contributed by atoms with Gasteiger partial charge >= 0.3 is 27.6 Å². The maximum Gasteiger partial charge on any atom is 0.534 e. The van der Waals surface area contributed by atoms with Crippen molar-refractivity contribution < 1.29 is 59.1 Å². The highest BCUT2D eigenvalue weighted by atomic mass is 32.2. The fourth-order valence-corrected chi connectivity index (χ4v) is 7.98. The molecular formula is C25H37F3O10SSi. The van der Waals surface area contributed by atoms with Crippen LogP contribution >= 0.6 is 0 Å². The van der Waals surface area contributed by atoms with Crippen molar-refractivity contribution in [3.8, 4) is 11.5 Å². The Morgan fingerprint density at radius 2 is 1.77 bits per heavy atom. The third-order valence-corrected chi connectivity index (χ3v) is 12.9. The zero-order valence-electron chi connectivity index (χ0n) is 23.5. The predicted octanol–water partition coefficient (Wildman–Crippen LogP) is 4.62. The molecule has 0 radical (unpaired) electrons. The summed E-state index contributed by atoms with van der Waals surface area (Å²) in [5.74, 6) is -2.38. The second-order valence-corrected chi connectivity index (χ2v) is 15.9. The van der Waals surface area contributed by atoms with Gasteiger partial charge in [0.2, 0.25) is 0 Å². The number of rotatable bonds is 15. The van der Waals surface area contributed by atoms with Crippen molar-refractivity contribution in [2.75, 3.05) is 13.7 Å². The SMILES string of the molecule is CCOC(=O)CCC(C)(O)C(Cc1c(OC)cc2c(c1OS(=O)(=O)C(F)(F)F)COC2=O)O[Si](CC)(CC)CC. The number of halogens is 3. The standard InChI is InChI=1S/C25H37F3O10SSi/c1-7-35-21(29)11-12-24(5,31)20(38-40(8-2,9-3)10-4)14-17-19(34-6)13-16-18(15-36-23(16)30)22(17)37-39(32,33)25(26,27)28/h13,20,31H,7-12,14-15H2,1-6H3. The van der Waals surface area contributed by atoms with E-state index in [0.29, 0.717) is 18.1 Å². The van der Waals surface area contributed by atoms with Gasteiger partial charge in [-0.25, -0.2) is 4.79 Å². The molecule has 10 nitrogen and oxygen atoms in total. The van der Waals surface area contributed by atoms with Gasteiger partial charge in [0.05, 0.1) is 31.0 Å². The van der Waals surface area contributed by atoms with Crippen molar-refractivity contribution in [1.29, 1.82) is 0 Å². The van der Waals surface area contributed by atoms with Crippen molar-refractivity contribution in [3.05, 3.63) is 22.8 Å². The van der Waals surface area contributed by atoms with Gasteiger partial charge in [0.15, 0.2) is 14.1 Å². The molecular weight excluding hydrogens is 577 g/mol. The summed E-state index contributed by atoms with van der Waals surface area (Å²) in [7, 11) is -7.48. The number of hydrogen-bond acceptors (Lipinski definition) is 10. The Bertz CT molecular complexity index is 1170. The van der Waals surface area contributed by atoms with Gasteiger partial charge in [0.25, 0.3) is 0 Å². The number of hydrogen-bond donors (Lipinski definition) is 1. The topological polar surface area (TPSA) is 135 Å². The van der Waals surface area contributed by atoms with Crippen LogP contribution in [0, 0.1) is 0 Å². The molecule has 1 aromatic carbocycles. The van der Waals surface area contributed by atoms with Crippen molar-refractivity contribution in [3.63, 3.8) is 0 Å². The van der Waals surface area contributed by atoms with Gasteiger partial charge in [0.1, 0.15) is 12.4 Å². The van der Waals surface area contributed by atoms with Crippen LogP contribution in [0.5, 0.6) is 11.5 Å². The Morgan fingerprint density at radius 1 is 1.18 bits per heavy atom. The molecule has 1 N–H and O–H groups in total. The molecule has 0 bridgehead atoms. The fraction of sp³-hybridized carbons (Fsp3) is 0.680. The van der Waals surface area contributed by atoms with E-state index in [4.69, 9.17) is 18.6 Å². The van der Waals surface area contributed by atoms with E-state index in [9.17, 15) is 36.3 Å². The second-order valence-electron chi connectivity index (χ2n) is 9.69. The Morgan fingerprint density at radius 3 is 2.27 bits per heavy atom. The van der Waals surface area contributed by atoms with Crippen molar-refractivity contribution >= 4 is 30.4 Å². The zero-order valence-corrected chi connectivity index (χ0v) is 25.3. The molecule has 1 aliphatic heterocycles. The van der Waals surface area contributed by atoms with E-state index in [0.717, 1.165) is 0 Å². The van der Waals surface area contributed by atoms with Crippen LogP contribution in [0.15, 0.2) is 6.07 Å². The number of methoxy groups -OCH3 is 1. The summed E-state index contributed by atoms with van der Waals surface area (Å²) >= 11 is 0. The fourth-order valence-electron chi connectivity index (χ4n) is 4.52. The first-order valence-electron chi connectivity index (χ1n) is 13.0. The highest BCUT2D eigenvalue weighted by Gasteiger charge is 2.50. The monoisotopic (exact) mass is 614 g/mol. The lowest BCUT2D eigenvalue weighted by Gasteiger charge is -2.40. The molecule has 2 unspecified atom stereocenters. The minimum atomic E-state index is -6.16. The molecule has 228 valence electrons. The van der Waals surface area contributed by atoms with Gasteiger partial charge in [-0.2, -0.15) is 21.6 Å². The number of carbonyl (C=O) groups excluding carboxylic acids is 2. The third kappa shape index (κ3) is 7.47. The summed E-state index contributed by atoms with van der Waals surface area (Å²) in [4.78, 5) is 24.3. The molecule has 0 spiro atoms. The van der Waals surface area contributed by atoms with Crippen LogP contribution in [0.4, 0.5) is 13.2 Å². The number of esters is 2. The van der Waals surface area contributed by atoms with Crippen LogP contribution in [0.25, 0.3) is 0 Å². The predicted molar refractivity (Wildman–Crippen MR) is 140 cm³/mol. The van der Waals surface area contributed by atoms with Crippen LogP contribution < -0.4 is 8.92 Å². The summed E-state index contributed by atoms with van der Waals surface area (Å²) < 4.78 is 90.8. The lowest BCUT2D eigenvalue weighted by atomic mass is 9.87. The smallest absolute Gasteiger partial charge is 0.496 e. The van der Waals surface area contributed by atoms with Crippen molar-refractivity contribution in [2.45, 2.75) is 95.8 Å². The molecule has 0 fully saturated rings. The molecule has 1 heterocycles. The summed E-state index contributed by atoms with van der Waals surface area (Å²) in [6.45, 7) is 8.48. The number of aliphatic hydroxyl groups is 1. The number of cyclic esters (lactones) is 1. The number of carbonyl (C=O) groups is 2. The number of fused-ring (bicyclic) bond motifs is 1. The van der Waals surface area contributed by atoms with Crippen molar-refractivity contribution in [2.24, 2.45) is 0 Å². The van der Waals surface area contributed by atoms with Gasteiger partial charge in [-0.05, 0) is 44.5 Å². The minimum Gasteiger partial charge on any atom is -0.496 e. The summed E-state index contributed by atoms with van der Waals surface area (Å²) in [6.07, 6.45) is -1.79. The third-order valence-electron chi connectivity index (χ3n) is 7.26. The Balaban J connectivity index is 2.73. The largest absolute Gasteiger partial charge is 0.534 e. The molecule has 2 rings (SSSR count). The maximum atomic E-state index is 13.4. The first-order valence-corrected chi connectivity index (χ1v) is 16.9. The van der Waals surface area contributed by atoms with Crippen molar-refractivity contribution in [1.82, 2.24) is 0 Å². The van der Waals surface area contributed by atoms with Gasteiger partial charge in [0, 0.05) is 24.0 Å². The van der Waals surface area contributed by atoms with Gasteiger partial charge in [-0.1, -0.05) is 20.8 Å². The summed E-state index contributed by atoms with van der Waals surface area (Å²) in [5.41, 5.74) is -8.07. The lowest BCUT2D eigenvalue weighted by Crippen LogP contribution is -2.51. The Kier molecular flexibility index (Phi) is 11.1. The normalized spacial score (nSPS) is 16.1. The van der Waals surface area contributed by atoms with Gasteiger partial charge in [-0.15, -0.1) is 0 Å². The lowest BCUT2D eigenvalue weighted by molar-refractivity contribution is -0.145. The molecule has 40 heavy (non-hydrogen) atoms. The van der Waals surface area contributed by atoms with E-state index in [1.807, 2.05) is 20.8 Å². The second kappa shape index (κ2) is 13.1. The average molecular weight is 615 g/mol. The van der Waals surface area contributed by atoms with Crippen LogP contribution in [0.3, 0.4) is 0 Å². The zero-order chi connectivity index (χ0) is 30.5. The highest BCUT2D eigenvalue weighted by molar-refractivity contribution is 7.88. The first kappa shape index (κ1) is 33.8. The van der Waals surface area contributed by atoms with E-state index < -0.39 is 59.9 Å². The van der Waals surface area contributed by atoms with E-state index in [-0.39, 0.29) is 48.3 Å². The minimum absolute atomic E-state index is 0.121. The Hall–Kier alpha value is -2.36. The Labute approximate surface area is 233 Å². The molecule has 1 aromatic rings. The number of benzene rings is 1. The number of ether oxygens (including phenoxy) is 3. The molecule has 2 atom stereocenters. The van der Waals surface area contributed by atoms with Gasteiger partial charge in [-0.3, -0.25) is 4.79 Å². The quantitative estimate of drug-likeness (QED) is 0.129. The van der Waals surface area contributed by atoms with Crippen LogP contribution in [0.1, 0.15) is 68.9 Å². The van der Waals surface area contributed by atoms with Crippen LogP contribution in [0.2, 0.25) is 18.1 Å². The molecule has 15 heteroatoms. The number of alkyl halides is 3. The molecule has 0 saturated heterocycles. The van der Waals surface area contributed by atoms with E-state index >= 15 is 0 Å². The highest BCUT2D eigenvalue weighted by Crippen LogP contribution is 2.44. The average Bonchev–Trinajstić information content (AvgIpc) is 3.26. The van der Waals surface area contributed by atoms with E-state index in [1.54, 1.807) is 6.92 Å². The first-order chi connectivity index (χ1) is 18.5. The van der Waals surface area contributed by atoms with Gasteiger partial charge < -0.3 is 27.9 Å². The van der Waals surface area contributed by atoms with E-state index in [2.05, 4.69) is 4.18 Å². The molecule has 0 aliphatic carbocycles. The summed E-state index contributed by atoms with van der Waals surface area (Å²) in [6, 6.07) is 3.18. The molecule has 0 amide bonds. The molecule has 1 aliphatic rings. The van der Waals surface area contributed by atoms with E-state index in [1.165, 1.54) is 20.1 Å². The summed E-state index contributed by atoms with van der Waals surface area (Å²) in [5, 5.41) is 11.6.